The molecule has 0 aliphatic rings. The van der Waals surface area contributed by atoms with Gasteiger partial charge in [-0.3, -0.25) is 0 Å². The van der Waals surface area contributed by atoms with Crippen LogP contribution in [0.5, 0.6) is 0 Å². The Labute approximate surface area is 46.0 Å². The van der Waals surface area contributed by atoms with E-state index in [0.29, 0.717) is 0 Å². The third-order valence-corrected chi connectivity index (χ3v) is 0.691. The molecule has 3 N–H and O–H groups in total. The van der Waals surface area contributed by atoms with E-state index in [0.717, 1.165) is 0 Å². The van der Waals surface area contributed by atoms with Crippen LogP contribution in [0.15, 0.2) is 12.2 Å². The molecule has 0 unspecified atom stereocenters. The smallest absolute Gasteiger partial charge is 0.0353 e. The summed E-state index contributed by atoms with van der Waals surface area (Å²) in [6.07, 6.45) is 6.77. The highest BCUT2D eigenvalue weighted by molar-refractivity contribution is 4.75. The predicted molar refractivity (Wildman–Crippen MR) is 34.7 cm³/mol. The molecular formula is C6H15N. The van der Waals surface area contributed by atoms with Crippen molar-refractivity contribution in [2.75, 3.05) is 0 Å². The fourth-order valence-electron chi connectivity index (χ4n) is 0.333. The van der Waals surface area contributed by atoms with Crippen molar-refractivity contribution in [2.45, 2.75) is 26.7 Å². The lowest BCUT2D eigenvalue weighted by Crippen LogP contribution is -1.55. The summed E-state index contributed by atoms with van der Waals surface area (Å²) in [5, 5.41) is 0. The van der Waals surface area contributed by atoms with Crippen LogP contribution in [0, 0.1) is 0 Å². The SMILES string of the molecule is C/C=C/CCC.N. The van der Waals surface area contributed by atoms with E-state index >= 15 is 0 Å². The van der Waals surface area contributed by atoms with Gasteiger partial charge in [-0.15, -0.1) is 0 Å². The van der Waals surface area contributed by atoms with Gasteiger partial charge in [0, 0.05) is 0 Å². The lowest BCUT2D eigenvalue weighted by Gasteiger charge is -1.76. The second kappa shape index (κ2) is 9.20. The summed E-state index contributed by atoms with van der Waals surface area (Å²) < 4.78 is 0. The molecule has 0 bridgehead atoms. The maximum absolute atomic E-state index is 2.18. The zero-order valence-electron chi connectivity index (χ0n) is 5.28. The summed E-state index contributed by atoms with van der Waals surface area (Å²) >= 11 is 0. The zero-order chi connectivity index (χ0) is 4.83. The van der Waals surface area contributed by atoms with Crippen LogP contribution in [-0.4, -0.2) is 0 Å². The maximum atomic E-state index is 2.18. The van der Waals surface area contributed by atoms with Crippen molar-refractivity contribution in [3.63, 3.8) is 0 Å². The molecule has 0 aliphatic carbocycles. The van der Waals surface area contributed by atoms with E-state index in [4.69, 9.17) is 0 Å². The van der Waals surface area contributed by atoms with E-state index < -0.39 is 0 Å². The third-order valence-electron chi connectivity index (χ3n) is 0.691. The molecule has 0 amide bonds. The van der Waals surface area contributed by atoms with Gasteiger partial charge in [-0.1, -0.05) is 25.5 Å². The fraction of sp³-hybridized carbons (Fsp3) is 0.667. The molecule has 0 aromatic carbocycles. The Kier molecular flexibility index (Phi) is 12.9. The quantitative estimate of drug-likeness (QED) is 0.533. The molecule has 0 rings (SSSR count). The van der Waals surface area contributed by atoms with Gasteiger partial charge in [0.05, 0.1) is 0 Å². The molecule has 0 spiro atoms. The van der Waals surface area contributed by atoms with Crippen molar-refractivity contribution < 1.29 is 0 Å². The van der Waals surface area contributed by atoms with Crippen LogP contribution in [0.25, 0.3) is 0 Å². The highest BCUT2D eigenvalue weighted by Gasteiger charge is 1.64. The minimum atomic E-state index is 0. The summed E-state index contributed by atoms with van der Waals surface area (Å²) in [5.41, 5.74) is 0. The van der Waals surface area contributed by atoms with Gasteiger partial charge in [0.25, 0.3) is 0 Å². The number of hydrogen-bond donors (Lipinski definition) is 1. The molecule has 0 fully saturated rings. The van der Waals surface area contributed by atoms with Crippen molar-refractivity contribution in [1.82, 2.24) is 6.15 Å². The number of unbranched alkanes of at least 4 members (excludes halogenated alkanes) is 1. The fourth-order valence-corrected chi connectivity index (χ4v) is 0.333. The summed E-state index contributed by atoms with van der Waals surface area (Å²) in [6, 6.07) is 0. The molecule has 1 heteroatoms. The standard InChI is InChI=1S/C6H12.H3N/c1-3-5-6-4-2;/h3,5H,4,6H2,1-2H3;1H3/b5-3+;. The van der Waals surface area contributed by atoms with Crippen LogP contribution in [0.3, 0.4) is 0 Å². The Morgan fingerprint density at radius 3 is 2.14 bits per heavy atom. The maximum Gasteiger partial charge on any atom is -0.0353 e. The highest BCUT2D eigenvalue weighted by Crippen LogP contribution is 1.85. The number of rotatable bonds is 2. The summed E-state index contributed by atoms with van der Waals surface area (Å²) in [4.78, 5) is 0. The van der Waals surface area contributed by atoms with Crippen LogP contribution in [-0.2, 0) is 0 Å². The minimum Gasteiger partial charge on any atom is -0.344 e. The van der Waals surface area contributed by atoms with Gasteiger partial charge in [-0.2, -0.15) is 0 Å². The number of allylic oxidation sites excluding steroid dienone is 2. The van der Waals surface area contributed by atoms with E-state index in [1.165, 1.54) is 12.8 Å². The highest BCUT2D eigenvalue weighted by atomic mass is 14.0. The Balaban J connectivity index is 0. The van der Waals surface area contributed by atoms with E-state index in [-0.39, 0.29) is 6.15 Å². The lowest BCUT2D eigenvalue weighted by atomic mass is 10.3. The van der Waals surface area contributed by atoms with E-state index in [2.05, 4.69) is 26.0 Å². The van der Waals surface area contributed by atoms with Crippen molar-refractivity contribution in [2.24, 2.45) is 0 Å². The van der Waals surface area contributed by atoms with Crippen molar-refractivity contribution >= 4 is 0 Å². The molecule has 0 radical (unpaired) electrons. The average Bonchev–Trinajstić information content (AvgIpc) is 1.61. The average molecular weight is 101 g/mol. The first-order chi connectivity index (χ1) is 2.91. The Bertz CT molecular complexity index is 39.4. The van der Waals surface area contributed by atoms with Gasteiger partial charge in [0.15, 0.2) is 0 Å². The summed E-state index contributed by atoms with van der Waals surface area (Å²) in [5.74, 6) is 0. The molecule has 0 saturated heterocycles. The minimum absolute atomic E-state index is 0. The molecule has 0 aliphatic heterocycles. The van der Waals surface area contributed by atoms with Crippen LogP contribution >= 0.6 is 0 Å². The van der Waals surface area contributed by atoms with Crippen molar-refractivity contribution in [1.29, 1.82) is 0 Å². The van der Waals surface area contributed by atoms with E-state index in [1.54, 1.807) is 0 Å². The molecule has 1 nitrogen and oxygen atoms in total. The second-order valence-corrected chi connectivity index (χ2v) is 1.36. The van der Waals surface area contributed by atoms with Gasteiger partial charge in [-0.05, 0) is 13.3 Å². The van der Waals surface area contributed by atoms with Crippen molar-refractivity contribution in [3.05, 3.63) is 12.2 Å². The largest absolute Gasteiger partial charge is 0.344 e. The predicted octanol–water partition coefficient (Wildman–Crippen LogP) is 2.52. The zero-order valence-corrected chi connectivity index (χ0v) is 5.28. The summed E-state index contributed by atoms with van der Waals surface area (Å²) in [7, 11) is 0. The first-order valence-electron chi connectivity index (χ1n) is 2.53. The second-order valence-electron chi connectivity index (χ2n) is 1.36. The molecule has 44 valence electrons. The van der Waals surface area contributed by atoms with E-state index in [1.807, 2.05) is 0 Å². The van der Waals surface area contributed by atoms with Gasteiger partial charge in [0.1, 0.15) is 0 Å². The van der Waals surface area contributed by atoms with Crippen LogP contribution in [0.2, 0.25) is 0 Å². The van der Waals surface area contributed by atoms with E-state index in [9.17, 15) is 0 Å². The monoisotopic (exact) mass is 101 g/mol. The molecule has 0 aromatic heterocycles. The van der Waals surface area contributed by atoms with Gasteiger partial charge in [0.2, 0.25) is 0 Å². The first-order valence-corrected chi connectivity index (χ1v) is 2.53. The molecule has 7 heavy (non-hydrogen) atoms. The topological polar surface area (TPSA) is 35.0 Å². The molecule has 0 atom stereocenters. The van der Waals surface area contributed by atoms with Gasteiger partial charge in [-0.25, -0.2) is 0 Å². The molecule has 0 saturated carbocycles. The molecular weight excluding hydrogens is 86.1 g/mol. The molecule has 0 heterocycles. The Hall–Kier alpha value is -0.300. The van der Waals surface area contributed by atoms with Crippen LogP contribution < -0.4 is 6.15 Å². The van der Waals surface area contributed by atoms with Crippen LogP contribution in [0.4, 0.5) is 0 Å². The first kappa shape index (κ1) is 9.85. The summed E-state index contributed by atoms with van der Waals surface area (Å²) in [6.45, 7) is 4.23. The number of hydrogen-bond acceptors (Lipinski definition) is 1. The van der Waals surface area contributed by atoms with Gasteiger partial charge < -0.3 is 6.15 Å². The Morgan fingerprint density at radius 1 is 1.43 bits per heavy atom. The van der Waals surface area contributed by atoms with Crippen LogP contribution in [0.1, 0.15) is 26.7 Å². The van der Waals surface area contributed by atoms with Crippen molar-refractivity contribution in [3.8, 4) is 0 Å². The van der Waals surface area contributed by atoms with Gasteiger partial charge >= 0.3 is 0 Å². The molecule has 0 aromatic rings. The third kappa shape index (κ3) is 10.7. The lowest BCUT2D eigenvalue weighted by molar-refractivity contribution is 0.957. The normalized spacial score (nSPS) is 8.86. The Morgan fingerprint density at radius 2 is 2.00 bits per heavy atom.